The molecule has 4 fully saturated rings. The van der Waals surface area contributed by atoms with Gasteiger partial charge in [-0.15, -0.1) is 10.2 Å². The van der Waals surface area contributed by atoms with Gasteiger partial charge in [-0.2, -0.15) is 0 Å². The lowest BCUT2D eigenvalue weighted by Crippen LogP contribution is -2.47. The lowest BCUT2D eigenvalue weighted by Gasteiger charge is -2.56. The molecule has 4 aliphatic rings. The number of anilines is 1. The second-order valence-electron chi connectivity index (χ2n) is 10.2. The first-order valence-electron chi connectivity index (χ1n) is 11.3. The van der Waals surface area contributed by atoms with Gasteiger partial charge in [-0.1, -0.05) is 29.5 Å². The third-order valence-electron chi connectivity index (χ3n) is 7.61. The molecule has 5 nitrogen and oxygen atoms in total. The van der Waals surface area contributed by atoms with E-state index in [4.69, 9.17) is 0 Å². The molecule has 6 heteroatoms. The van der Waals surface area contributed by atoms with Gasteiger partial charge in [0.15, 0.2) is 5.16 Å². The number of benzene rings is 1. The predicted molar refractivity (Wildman–Crippen MR) is 121 cm³/mol. The van der Waals surface area contributed by atoms with Gasteiger partial charge in [-0.3, -0.25) is 4.79 Å². The minimum Gasteiger partial charge on any atom is -0.325 e. The normalized spacial score (nSPS) is 29.4. The van der Waals surface area contributed by atoms with Crippen molar-refractivity contribution in [3.8, 4) is 0 Å². The van der Waals surface area contributed by atoms with Crippen LogP contribution in [0.1, 0.15) is 55.5 Å². The van der Waals surface area contributed by atoms with Gasteiger partial charge in [0.2, 0.25) is 5.91 Å². The van der Waals surface area contributed by atoms with Gasteiger partial charge in [-0.25, -0.2) is 0 Å². The fourth-order valence-electron chi connectivity index (χ4n) is 6.74. The summed E-state index contributed by atoms with van der Waals surface area (Å²) in [6, 6.07) is 6.08. The number of amides is 1. The van der Waals surface area contributed by atoms with Crippen LogP contribution in [0.4, 0.5) is 5.69 Å². The molecule has 4 saturated carbocycles. The van der Waals surface area contributed by atoms with Gasteiger partial charge in [-0.05, 0) is 87.2 Å². The van der Waals surface area contributed by atoms with Gasteiger partial charge < -0.3 is 9.88 Å². The Balaban J connectivity index is 1.21. The van der Waals surface area contributed by atoms with E-state index < -0.39 is 0 Å². The average Bonchev–Trinajstić information content (AvgIpc) is 3.00. The van der Waals surface area contributed by atoms with Crippen molar-refractivity contribution in [2.75, 3.05) is 11.1 Å². The fourth-order valence-corrected chi connectivity index (χ4v) is 7.47. The maximum atomic E-state index is 12.5. The quantitative estimate of drug-likeness (QED) is 0.669. The molecule has 0 aliphatic heterocycles. The smallest absolute Gasteiger partial charge is 0.234 e. The van der Waals surface area contributed by atoms with E-state index in [2.05, 4.69) is 40.1 Å². The number of rotatable bonds is 6. The minimum absolute atomic E-state index is 0.00223. The molecule has 0 spiro atoms. The molecule has 0 radical (unpaired) electrons. The molecule has 0 unspecified atom stereocenters. The van der Waals surface area contributed by atoms with Crippen molar-refractivity contribution in [3.63, 3.8) is 0 Å². The zero-order chi connectivity index (χ0) is 20.9. The van der Waals surface area contributed by atoms with Crippen molar-refractivity contribution in [1.82, 2.24) is 14.8 Å². The van der Waals surface area contributed by atoms with E-state index in [9.17, 15) is 4.79 Å². The Hall–Kier alpha value is -1.82. The minimum atomic E-state index is -0.00223. The van der Waals surface area contributed by atoms with E-state index >= 15 is 0 Å². The van der Waals surface area contributed by atoms with Crippen molar-refractivity contribution in [3.05, 3.63) is 35.2 Å². The topological polar surface area (TPSA) is 59.8 Å². The van der Waals surface area contributed by atoms with Crippen LogP contribution in [-0.2, 0) is 18.3 Å². The van der Waals surface area contributed by atoms with E-state index in [1.807, 2.05) is 19.1 Å². The molecule has 160 valence electrons. The van der Waals surface area contributed by atoms with E-state index in [-0.39, 0.29) is 5.91 Å². The summed E-state index contributed by atoms with van der Waals surface area (Å²) in [5.41, 5.74) is 3.62. The van der Waals surface area contributed by atoms with E-state index in [0.29, 0.717) is 11.2 Å². The highest BCUT2D eigenvalue weighted by atomic mass is 32.2. The molecule has 0 atom stereocenters. The van der Waals surface area contributed by atoms with Crippen LogP contribution in [0.25, 0.3) is 0 Å². The Labute approximate surface area is 183 Å². The van der Waals surface area contributed by atoms with E-state index in [0.717, 1.165) is 46.4 Å². The zero-order valence-electron chi connectivity index (χ0n) is 18.3. The van der Waals surface area contributed by atoms with Crippen molar-refractivity contribution in [2.24, 2.45) is 30.2 Å². The zero-order valence-corrected chi connectivity index (χ0v) is 19.1. The summed E-state index contributed by atoms with van der Waals surface area (Å²) in [4.78, 5) is 12.5. The first kappa shape index (κ1) is 20.1. The number of nitrogens with zero attached hydrogens (tertiary/aromatic N) is 3. The van der Waals surface area contributed by atoms with Crippen LogP contribution >= 0.6 is 11.8 Å². The highest BCUT2D eigenvalue weighted by Crippen LogP contribution is 2.60. The molecule has 1 amide bonds. The Morgan fingerprint density at radius 3 is 2.43 bits per heavy atom. The first-order valence-corrected chi connectivity index (χ1v) is 12.3. The van der Waals surface area contributed by atoms with Crippen molar-refractivity contribution in [2.45, 2.75) is 63.9 Å². The van der Waals surface area contributed by atoms with Gasteiger partial charge in [0, 0.05) is 19.2 Å². The van der Waals surface area contributed by atoms with Crippen molar-refractivity contribution < 1.29 is 4.79 Å². The molecular formula is C24H32N4OS. The molecule has 1 aromatic carbocycles. The van der Waals surface area contributed by atoms with Crippen molar-refractivity contribution in [1.29, 1.82) is 0 Å². The highest BCUT2D eigenvalue weighted by Gasteiger charge is 2.51. The number of aryl methyl sites for hydroxylation is 2. The molecule has 2 aromatic rings. The maximum absolute atomic E-state index is 12.5. The Bertz CT molecular complexity index is 931. The summed E-state index contributed by atoms with van der Waals surface area (Å²) in [6.45, 7) is 4.08. The second kappa shape index (κ2) is 7.70. The molecular weight excluding hydrogens is 392 g/mol. The summed E-state index contributed by atoms with van der Waals surface area (Å²) in [6.07, 6.45) is 9.60. The molecule has 30 heavy (non-hydrogen) atoms. The number of hydrogen-bond donors (Lipinski definition) is 1. The fraction of sp³-hybridized carbons (Fsp3) is 0.625. The average molecular weight is 425 g/mol. The number of carbonyl (C=O) groups is 1. The van der Waals surface area contributed by atoms with Crippen LogP contribution in [0, 0.1) is 37.0 Å². The van der Waals surface area contributed by atoms with Crippen molar-refractivity contribution >= 4 is 23.4 Å². The molecule has 4 aliphatic carbocycles. The molecule has 1 heterocycles. The standard InChI is InChI=1S/C24H32N4OS/c1-15-4-5-20(16(2)6-15)25-22(29)14-30-23-27-26-21(28(23)3)13-24-10-17-7-18(11-24)9-19(8-17)12-24/h4-6,17-19H,7-14H2,1-3H3,(H,25,29). The number of carbonyl (C=O) groups excluding carboxylic acids is 1. The van der Waals surface area contributed by atoms with Gasteiger partial charge in [0.05, 0.1) is 5.75 Å². The lowest BCUT2D eigenvalue weighted by atomic mass is 9.49. The van der Waals surface area contributed by atoms with Crippen LogP contribution in [0.3, 0.4) is 0 Å². The summed E-state index contributed by atoms with van der Waals surface area (Å²) >= 11 is 1.47. The Kier molecular flexibility index (Phi) is 5.16. The lowest BCUT2D eigenvalue weighted by molar-refractivity contribution is -0.113. The molecule has 0 saturated heterocycles. The molecule has 1 N–H and O–H groups in total. The number of thioether (sulfide) groups is 1. The SMILES string of the molecule is Cc1ccc(NC(=O)CSc2nnc(CC34CC5CC(CC(C5)C3)C4)n2C)c(C)c1. The van der Waals surface area contributed by atoms with Crippen LogP contribution < -0.4 is 5.32 Å². The third-order valence-corrected chi connectivity index (χ3v) is 8.63. The third kappa shape index (κ3) is 3.91. The predicted octanol–water partition coefficient (Wildman–Crippen LogP) is 4.92. The van der Waals surface area contributed by atoms with Gasteiger partial charge in [0.1, 0.15) is 5.82 Å². The first-order chi connectivity index (χ1) is 14.4. The maximum Gasteiger partial charge on any atom is 0.234 e. The Morgan fingerprint density at radius 1 is 1.13 bits per heavy atom. The second-order valence-corrected chi connectivity index (χ2v) is 11.1. The summed E-state index contributed by atoms with van der Waals surface area (Å²) in [5.74, 6) is 4.29. The molecule has 6 rings (SSSR count). The summed E-state index contributed by atoms with van der Waals surface area (Å²) in [7, 11) is 2.06. The van der Waals surface area contributed by atoms with Crippen LogP contribution in [0.15, 0.2) is 23.4 Å². The highest BCUT2D eigenvalue weighted by molar-refractivity contribution is 7.99. The summed E-state index contributed by atoms with van der Waals surface area (Å²) in [5, 5.41) is 12.8. The van der Waals surface area contributed by atoms with E-state index in [1.165, 1.54) is 55.9 Å². The summed E-state index contributed by atoms with van der Waals surface area (Å²) < 4.78 is 2.12. The van der Waals surface area contributed by atoms with Crippen LogP contribution in [0.5, 0.6) is 0 Å². The molecule has 1 aromatic heterocycles. The van der Waals surface area contributed by atoms with Gasteiger partial charge >= 0.3 is 0 Å². The van der Waals surface area contributed by atoms with Crippen LogP contribution in [0.2, 0.25) is 0 Å². The number of hydrogen-bond acceptors (Lipinski definition) is 4. The largest absolute Gasteiger partial charge is 0.325 e. The number of nitrogens with one attached hydrogen (secondary N) is 1. The van der Waals surface area contributed by atoms with Gasteiger partial charge in [0.25, 0.3) is 0 Å². The Morgan fingerprint density at radius 2 is 1.80 bits per heavy atom. The molecule has 4 bridgehead atoms. The van der Waals surface area contributed by atoms with E-state index in [1.54, 1.807) is 0 Å². The monoisotopic (exact) mass is 424 g/mol. The number of aromatic nitrogens is 3. The van der Waals surface area contributed by atoms with Crippen LogP contribution in [-0.4, -0.2) is 26.4 Å².